The SMILES string of the molecule is CC(C)(C)OC(=O)N1CCC(Sc2ccccc2[N+](=O)[O-])CC1. The minimum absolute atomic E-state index is 0.145. The van der Waals surface area contributed by atoms with Crippen molar-refractivity contribution in [3.63, 3.8) is 0 Å². The van der Waals surface area contributed by atoms with E-state index in [1.165, 1.54) is 17.8 Å². The highest BCUT2D eigenvalue weighted by atomic mass is 32.2. The van der Waals surface area contributed by atoms with Crippen LogP contribution in [0.5, 0.6) is 0 Å². The highest BCUT2D eigenvalue weighted by Gasteiger charge is 2.28. The van der Waals surface area contributed by atoms with Crippen molar-refractivity contribution in [3.8, 4) is 0 Å². The summed E-state index contributed by atoms with van der Waals surface area (Å²) in [6.07, 6.45) is 1.32. The number of para-hydroxylation sites is 1. The standard InChI is InChI=1S/C16H22N2O4S/c1-16(2,3)22-15(19)17-10-8-12(9-11-17)23-14-7-5-4-6-13(14)18(20)21/h4-7,12H,8-11H2,1-3H3. The van der Waals surface area contributed by atoms with E-state index in [0.717, 1.165) is 12.8 Å². The number of benzene rings is 1. The Kier molecular flexibility index (Phi) is 5.51. The summed E-state index contributed by atoms with van der Waals surface area (Å²) in [7, 11) is 0. The van der Waals surface area contributed by atoms with Crippen molar-refractivity contribution in [2.24, 2.45) is 0 Å². The lowest BCUT2D eigenvalue weighted by atomic mass is 10.1. The monoisotopic (exact) mass is 338 g/mol. The second-order valence-electron chi connectivity index (χ2n) is 6.51. The number of nitro groups is 1. The van der Waals surface area contributed by atoms with Crippen molar-refractivity contribution >= 4 is 23.5 Å². The molecule has 0 saturated carbocycles. The van der Waals surface area contributed by atoms with Crippen LogP contribution in [0.1, 0.15) is 33.6 Å². The lowest BCUT2D eigenvalue weighted by Gasteiger charge is -2.33. The molecule has 0 radical (unpaired) electrons. The normalized spacial score (nSPS) is 16.2. The Balaban J connectivity index is 1.91. The molecule has 1 aliphatic heterocycles. The van der Waals surface area contributed by atoms with Gasteiger partial charge >= 0.3 is 6.09 Å². The van der Waals surface area contributed by atoms with E-state index in [-0.39, 0.29) is 22.0 Å². The number of piperidine rings is 1. The van der Waals surface area contributed by atoms with Crippen molar-refractivity contribution in [1.82, 2.24) is 4.90 Å². The molecule has 1 fully saturated rings. The second kappa shape index (κ2) is 7.21. The third-order valence-electron chi connectivity index (χ3n) is 3.45. The van der Waals surface area contributed by atoms with Crippen molar-refractivity contribution in [2.75, 3.05) is 13.1 Å². The number of likely N-dealkylation sites (tertiary alicyclic amines) is 1. The molecule has 2 rings (SSSR count). The summed E-state index contributed by atoms with van der Waals surface area (Å²) >= 11 is 1.53. The number of amides is 1. The number of thioether (sulfide) groups is 1. The van der Waals surface area contributed by atoms with E-state index in [4.69, 9.17) is 4.74 Å². The zero-order valence-corrected chi connectivity index (χ0v) is 14.5. The molecule has 0 aromatic heterocycles. The second-order valence-corrected chi connectivity index (χ2v) is 7.85. The van der Waals surface area contributed by atoms with Gasteiger partial charge < -0.3 is 9.64 Å². The number of nitrogens with zero attached hydrogens (tertiary/aromatic N) is 2. The molecule has 0 atom stereocenters. The maximum absolute atomic E-state index is 12.0. The Bertz CT molecular complexity index is 578. The quantitative estimate of drug-likeness (QED) is 0.613. The lowest BCUT2D eigenvalue weighted by molar-refractivity contribution is -0.387. The Morgan fingerprint density at radius 1 is 1.30 bits per heavy atom. The summed E-state index contributed by atoms with van der Waals surface area (Å²) in [6.45, 7) is 6.78. The van der Waals surface area contributed by atoms with Crippen molar-refractivity contribution < 1.29 is 14.5 Å². The predicted molar refractivity (Wildman–Crippen MR) is 89.8 cm³/mol. The van der Waals surface area contributed by atoms with Crippen LogP contribution in [-0.2, 0) is 4.74 Å². The molecule has 7 heteroatoms. The first-order valence-electron chi connectivity index (χ1n) is 7.64. The average molecular weight is 338 g/mol. The topological polar surface area (TPSA) is 72.7 Å². The minimum atomic E-state index is -0.493. The van der Waals surface area contributed by atoms with Crippen LogP contribution in [-0.4, -0.2) is 39.9 Å². The molecular weight excluding hydrogens is 316 g/mol. The molecular formula is C16H22N2O4S. The first-order valence-corrected chi connectivity index (χ1v) is 8.52. The molecule has 0 bridgehead atoms. The Hall–Kier alpha value is -1.76. The summed E-state index contributed by atoms with van der Waals surface area (Å²) in [5.41, 5.74) is -0.347. The van der Waals surface area contributed by atoms with E-state index < -0.39 is 5.60 Å². The Labute approximate surface area is 140 Å². The smallest absolute Gasteiger partial charge is 0.410 e. The molecule has 1 amide bonds. The molecule has 23 heavy (non-hydrogen) atoms. The molecule has 6 nitrogen and oxygen atoms in total. The maximum atomic E-state index is 12.0. The van der Waals surface area contributed by atoms with Crippen LogP contribution in [0.4, 0.5) is 10.5 Å². The molecule has 0 spiro atoms. The van der Waals surface area contributed by atoms with Gasteiger partial charge in [-0.2, -0.15) is 0 Å². The number of nitro benzene ring substituents is 1. The molecule has 1 aliphatic rings. The predicted octanol–water partition coefficient (Wildman–Crippen LogP) is 4.09. The number of hydrogen-bond donors (Lipinski definition) is 0. The van der Waals surface area contributed by atoms with Gasteiger partial charge in [-0.05, 0) is 39.7 Å². The number of hydrogen-bond acceptors (Lipinski definition) is 5. The minimum Gasteiger partial charge on any atom is -0.444 e. The van der Waals surface area contributed by atoms with Gasteiger partial charge in [-0.15, -0.1) is 11.8 Å². The summed E-state index contributed by atoms with van der Waals surface area (Å²) in [4.78, 5) is 25.1. The molecule has 0 unspecified atom stereocenters. The van der Waals surface area contributed by atoms with E-state index in [1.807, 2.05) is 26.8 Å². The molecule has 1 aromatic rings. The van der Waals surface area contributed by atoms with E-state index in [1.54, 1.807) is 17.0 Å². The fourth-order valence-corrected chi connectivity index (χ4v) is 3.60. The van der Waals surface area contributed by atoms with Gasteiger partial charge in [0.05, 0.1) is 9.82 Å². The molecule has 1 heterocycles. The third-order valence-corrected chi connectivity index (χ3v) is 4.85. The third kappa shape index (κ3) is 5.13. The van der Waals surface area contributed by atoms with Crippen LogP contribution in [0.15, 0.2) is 29.2 Å². The van der Waals surface area contributed by atoms with Gasteiger partial charge in [-0.3, -0.25) is 10.1 Å². The largest absolute Gasteiger partial charge is 0.444 e. The summed E-state index contributed by atoms with van der Waals surface area (Å²) < 4.78 is 5.37. The van der Waals surface area contributed by atoms with Crippen molar-refractivity contribution in [2.45, 2.75) is 49.4 Å². The van der Waals surface area contributed by atoms with Gasteiger partial charge in [0.2, 0.25) is 0 Å². The van der Waals surface area contributed by atoms with E-state index >= 15 is 0 Å². The fraction of sp³-hybridized carbons (Fsp3) is 0.562. The first kappa shape index (κ1) is 17.6. The molecule has 0 aliphatic carbocycles. The van der Waals surface area contributed by atoms with Crippen LogP contribution < -0.4 is 0 Å². The van der Waals surface area contributed by atoms with Crippen LogP contribution in [0.25, 0.3) is 0 Å². The fourth-order valence-electron chi connectivity index (χ4n) is 2.37. The summed E-state index contributed by atoms with van der Waals surface area (Å²) in [5, 5.41) is 11.3. The molecule has 1 saturated heterocycles. The van der Waals surface area contributed by atoms with Crippen molar-refractivity contribution in [3.05, 3.63) is 34.4 Å². The molecule has 0 N–H and O–H groups in total. The zero-order chi connectivity index (χ0) is 17.0. The van der Waals surface area contributed by atoms with Gasteiger partial charge in [-0.1, -0.05) is 12.1 Å². The molecule has 126 valence electrons. The van der Waals surface area contributed by atoms with Gasteiger partial charge in [0.15, 0.2) is 0 Å². The molecule has 1 aromatic carbocycles. The van der Waals surface area contributed by atoms with E-state index in [0.29, 0.717) is 18.0 Å². The van der Waals surface area contributed by atoms with Crippen LogP contribution in [0, 0.1) is 10.1 Å². The summed E-state index contributed by atoms with van der Waals surface area (Å²) in [5.74, 6) is 0. The van der Waals surface area contributed by atoms with Gasteiger partial charge in [-0.25, -0.2) is 4.79 Å². The van der Waals surface area contributed by atoms with Gasteiger partial charge in [0.1, 0.15) is 5.60 Å². The maximum Gasteiger partial charge on any atom is 0.410 e. The Morgan fingerprint density at radius 2 is 1.91 bits per heavy atom. The van der Waals surface area contributed by atoms with Crippen LogP contribution in [0.3, 0.4) is 0 Å². The van der Waals surface area contributed by atoms with Gasteiger partial charge in [0.25, 0.3) is 5.69 Å². The first-order chi connectivity index (χ1) is 10.8. The van der Waals surface area contributed by atoms with E-state index in [9.17, 15) is 14.9 Å². The van der Waals surface area contributed by atoms with Crippen molar-refractivity contribution in [1.29, 1.82) is 0 Å². The average Bonchev–Trinajstić information content (AvgIpc) is 2.46. The van der Waals surface area contributed by atoms with Gasteiger partial charge in [0, 0.05) is 24.4 Å². The Morgan fingerprint density at radius 3 is 2.48 bits per heavy atom. The number of rotatable bonds is 3. The van der Waals surface area contributed by atoms with Crippen LogP contribution >= 0.6 is 11.8 Å². The number of carbonyl (C=O) groups is 1. The lowest BCUT2D eigenvalue weighted by Crippen LogP contribution is -2.42. The zero-order valence-electron chi connectivity index (χ0n) is 13.7. The number of ether oxygens (including phenoxy) is 1. The van der Waals surface area contributed by atoms with Crippen LogP contribution in [0.2, 0.25) is 0 Å². The summed E-state index contributed by atoms with van der Waals surface area (Å²) in [6, 6.07) is 6.79. The highest BCUT2D eigenvalue weighted by molar-refractivity contribution is 8.00. The highest BCUT2D eigenvalue weighted by Crippen LogP contribution is 2.36. The van der Waals surface area contributed by atoms with E-state index in [2.05, 4.69) is 0 Å². The number of carbonyl (C=O) groups excluding carboxylic acids is 1.